The van der Waals surface area contributed by atoms with Crippen molar-refractivity contribution in [3.05, 3.63) is 17.5 Å². The van der Waals surface area contributed by atoms with Crippen LogP contribution in [0.2, 0.25) is 0 Å². The third-order valence-corrected chi connectivity index (χ3v) is 1.82. The van der Waals surface area contributed by atoms with E-state index in [4.69, 9.17) is 0 Å². The highest BCUT2D eigenvalue weighted by atomic mass is 16.4. The number of nitrogens with zero attached hydrogens (tertiary/aromatic N) is 2. The van der Waals surface area contributed by atoms with Gasteiger partial charge in [-0.15, -0.1) is 0 Å². The first kappa shape index (κ1) is 12.9. The molecule has 2 N–H and O–H groups in total. The van der Waals surface area contributed by atoms with E-state index < -0.39 is 18.4 Å². The summed E-state index contributed by atoms with van der Waals surface area (Å²) >= 11 is 0. The molecule has 0 aliphatic rings. The Balaban J connectivity index is 2.44. The van der Waals surface area contributed by atoms with Gasteiger partial charge < -0.3 is 20.5 Å². The number of aromatic nitrogens is 2. The summed E-state index contributed by atoms with van der Waals surface area (Å²) in [4.78, 5) is 29.4. The normalized spacial score (nSPS) is 9.76. The van der Waals surface area contributed by atoms with Gasteiger partial charge in [-0.05, 0) is 19.9 Å². The van der Waals surface area contributed by atoms with Gasteiger partial charge in [0.1, 0.15) is 0 Å². The molecule has 0 aliphatic heterocycles. The molecule has 0 radical (unpaired) electrons. The van der Waals surface area contributed by atoms with Gasteiger partial charge in [-0.2, -0.15) is 0 Å². The Morgan fingerprint density at radius 1 is 1.24 bits per heavy atom. The van der Waals surface area contributed by atoms with Gasteiger partial charge >= 0.3 is 0 Å². The quantitative estimate of drug-likeness (QED) is 0.636. The first-order valence-electron chi connectivity index (χ1n) is 5.00. The lowest BCUT2D eigenvalue weighted by Crippen LogP contribution is -2.40. The average molecular weight is 237 g/mol. The first-order valence-corrected chi connectivity index (χ1v) is 5.00. The van der Waals surface area contributed by atoms with E-state index in [-0.39, 0.29) is 6.54 Å². The minimum absolute atomic E-state index is 0.0871. The van der Waals surface area contributed by atoms with Crippen molar-refractivity contribution in [1.29, 1.82) is 0 Å². The zero-order chi connectivity index (χ0) is 12.8. The zero-order valence-corrected chi connectivity index (χ0v) is 9.61. The fourth-order valence-electron chi connectivity index (χ4n) is 1.20. The predicted molar refractivity (Wildman–Crippen MR) is 58.0 cm³/mol. The lowest BCUT2D eigenvalue weighted by Gasteiger charge is -2.07. The zero-order valence-electron chi connectivity index (χ0n) is 9.61. The Bertz CT molecular complexity index is 413. The number of hydrogen-bond acceptors (Lipinski definition) is 6. The fourth-order valence-corrected chi connectivity index (χ4v) is 1.20. The Labute approximate surface area is 98.3 Å². The Hall–Kier alpha value is -2.18. The van der Waals surface area contributed by atoms with Crippen molar-refractivity contribution in [3.8, 4) is 0 Å². The smallest absolute Gasteiger partial charge is 0.239 e. The molecule has 1 aromatic heterocycles. The molecule has 0 bridgehead atoms. The van der Waals surface area contributed by atoms with Crippen molar-refractivity contribution in [1.82, 2.24) is 15.3 Å². The van der Waals surface area contributed by atoms with Gasteiger partial charge in [0.05, 0.1) is 19.1 Å². The second kappa shape index (κ2) is 5.78. The number of anilines is 1. The maximum atomic E-state index is 11.2. The molecule has 0 aromatic carbocycles. The monoisotopic (exact) mass is 237 g/mol. The van der Waals surface area contributed by atoms with E-state index in [1.165, 1.54) is 0 Å². The van der Waals surface area contributed by atoms with Crippen LogP contribution in [0.1, 0.15) is 11.4 Å². The average Bonchev–Trinajstić information content (AvgIpc) is 2.22. The summed E-state index contributed by atoms with van der Waals surface area (Å²) in [5.41, 5.74) is 1.57. The molecule has 1 amide bonds. The van der Waals surface area contributed by atoms with E-state index in [2.05, 4.69) is 20.6 Å². The van der Waals surface area contributed by atoms with E-state index in [9.17, 15) is 14.7 Å². The van der Waals surface area contributed by atoms with Crippen LogP contribution in [0.15, 0.2) is 6.07 Å². The Morgan fingerprint density at radius 2 is 1.82 bits per heavy atom. The van der Waals surface area contributed by atoms with Crippen molar-refractivity contribution in [2.45, 2.75) is 13.8 Å². The summed E-state index contributed by atoms with van der Waals surface area (Å²) in [5, 5.41) is 15.0. The van der Waals surface area contributed by atoms with Crippen molar-refractivity contribution < 1.29 is 14.7 Å². The van der Waals surface area contributed by atoms with Crippen LogP contribution < -0.4 is 15.7 Å². The summed E-state index contributed by atoms with van der Waals surface area (Å²) in [6, 6.07) is 1.81. The molecule has 1 rings (SSSR count). The lowest BCUT2D eigenvalue weighted by atomic mass is 10.4. The molecular weight excluding hydrogens is 224 g/mol. The molecule has 0 unspecified atom stereocenters. The van der Waals surface area contributed by atoms with Crippen LogP contribution in [0, 0.1) is 13.8 Å². The van der Waals surface area contributed by atoms with Crippen molar-refractivity contribution in [2.24, 2.45) is 0 Å². The molecule has 0 fully saturated rings. The van der Waals surface area contributed by atoms with Crippen LogP contribution in [0.3, 0.4) is 0 Å². The van der Waals surface area contributed by atoms with E-state index in [1.807, 2.05) is 13.8 Å². The van der Waals surface area contributed by atoms with Crippen LogP contribution in [-0.2, 0) is 9.59 Å². The number of carboxylic acids is 1. The maximum Gasteiger partial charge on any atom is 0.239 e. The second-order valence-electron chi connectivity index (χ2n) is 3.48. The van der Waals surface area contributed by atoms with Crippen LogP contribution in [0.4, 0.5) is 5.95 Å². The van der Waals surface area contributed by atoms with Crippen molar-refractivity contribution in [2.75, 3.05) is 18.4 Å². The number of amides is 1. The molecule has 7 heteroatoms. The van der Waals surface area contributed by atoms with Crippen LogP contribution in [0.5, 0.6) is 0 Å². The van der Waals surface area contributed by atoms with Gasteiger partial charge in [0.2, 0.25) is 11.9 Å². The largest absolute Gasteiger partial charge is 0.548 e. The van der Waals surface area contributed by atoms with Gasteiger partial charge in [-0.3, -0.25) is 4.79 Å². The van der Waals surface area contributed by atoms with Gasteiger partial charge in [0, 0.05) is 11.4 Å². The first-order chi connectivity index (χ1) is 7.97. The molecule has 0 spiro atoms. The highest BCUT2D eigenvalue weighted by Gasteiger charge is 2.03. The van der Waals surface area contributed by atoms with Gasteiger partial charge in [-0.25, -0.2) is 9.97 Å². The molecule has 1 heterocycles. The van der Waals surface area contributed by atoms with Gasteiger partial charge in [-0.1, -0.05) is 0 Å². The fraction of sp³-hybridized carbons (Fsp3) is 0.400. The van der Waals surface area contributed by atoms with Crippen molar-refractivity contribution >= 4 is 17.8 Å². The van der Waals surface area contributed by atoms with Gasteiger partial charge in [0.25, 0.3) is 0 Å². The van der Waals surface area contributed by atoms with E-state index in [0.29, 0.717) is 5.95 Å². The van der Waals surface area contributed by atoms with Crippen LogP contribution >= 0.6 is 0 Å². The molecule has 17 heavy (non-hydrogen) atoms. The summed E-state index contributed by atoms with van der Waals surface area (Å²) in [6.07, 6.45) is 0. The standard InChI is InChI=1S/C10H14N4O3/c1-6-3-7(2)14-10(13-6)12-4-8(15)11-5-9(16)17/h3H,4-5H2,1-2H3,(H,11,15)(H,16,17)(H,12,13,14)/p-1. The maximum absolute atomic E-state index is 11.2. The minimum atomic E-state index is -1.33. The third-order valence-electron chi connectivity index (χ3n) is 1.82. The van der Waals surface area contributed by atoms with E-state index >= 15 is 0 Å². The molecule has 92 valence electrons. The Kier molecular flexibility index (Phi) is 4.38. The van der Waals surface area contributed by atoms with Crippen LogP contribution in [0.25, 0.3) is 0 Å². The van der Waals surface area contributed by atoms with E-state index in [0.717, 1.165) is 11.4 Å². The molecular formula is C10H13N4O3-. The molecule has 1 aromatic rings. The highest BCUT2D eigenvalue weighted by Crippen LogP contribution is 2.02. The molecule has 0 aliphatic carbocycles. The lowest BCUT2D eigenvalue weighted by molar-refractivity contribution is -0.303. The number of nitrogens with one attached hydrogen (secondary N) is 2. The summed E-state index contributed by atoms with van der Waals surface area (Å²) in [6.45, 7) is 3.04. The number of hydrogen-bond donors (Lipinski definition) is 2. The molecule has 7 nitrogen and oxygen atoms in total. The number of carboxylic acid groups (broad SMARTS) is 1. The second-order valence-corrected chi connectivity index (χ2v) is 3.48. The molecule has 0 saturated heterocycles. The number of carbonyl (C=O) groups excluding carboxylic acids is 2. The minimum Gasteiger partial charge on any atom is -0.548 e. The van der Waals surface area contributed by atoms with Gasteiger partial charge in [0.15, 0.2) is 0 Å². The summed E-state index contributed by atoms with van der Waals surface area (Å²) in [5.74, 6) is -1.45. The molecule has 0 saturated carbocycles. The number of carbonyl (C=O) groups is 2. The Morgan fingerprint density at radius 3 is 2.35 bits per heavy atom. The number of aryl methyl sites for hydroxylation is 2. The van der Waals surface area contributed by atoms with Crippen molar-refractivity contribution in [3.63, 3.8) is 0 Å². The summed E-state index contributed by atoms with van der Waals surface area (Å²) < 4.78 is 0. The topological polar surface area (TPSA) is 107 Å². The number of rotatable bonds is 5. The van der Waals surface area contributed by atoms with E-state index in [1.54, 1.807) is 6.07 Å². The third kappa shape index (κ3) is 4.92. The SMILES string of the molecule is Cc1cc(C)nc(NCC(=O)NCC(=O)[O-])n1. The number of aliphatic carboxylic acids is 1. The summed E-state index contributed by atoms with van der Waals surface area (Å²) in [7, 11) is 0. The highest BCUT2D eigenvalue weighted by molar-refractivity contribution is 5.83. The van der Waals surface area contributed by atoms with Crippen LogP contribution in [-0.4, -0.2) is 34.9 Å². The molecule has 0 atom stereocenters. The predicted octanol–water partition coefficient (Wildman–Crippen LogP) is -1.63.